The minimum absolute atomic E-state index is 0.224. The van der Waals surface area contributed by atoms with Gasteiger partial charge in [-0.2, -0.15) is 0 Å². The van der Waals surface area contributed by atoms with E-state index in [9.17, 15) is 4.79 Å². The summed E-state index contributed by atoms with van der Waals surface area (Å²) in [5, 5.41) is 0. The van der Waals surface area contributed by atoms with Gasteiger partial charge in [0.25, 0.3) is 0 Å². The van der Waals surface area contributed by atoms with E-state index in [0.29, 0.717) is 12.2 Å². The van der Waals surface area contributed by atoms with E-state index in [1.807, 2.05) is 13.0 Å². The van der Waals surface area contributed by atoms with Gasteiger partial charge >= 0.3 is 5.97 Å². The van der Waals surface area contributed by atoms with Crippen LogP contribution in [0.1, 0.15) is 52.9 Å². The van der Waals surface area contributed by atoms with E-state index < -0.39 is 0 Å². The summed E-state index contributed by atoms with van der Waals surface area (Å²) < 4.78 is 5.03. The van der Waals surface area contributed by atoms with Gasteiger partial charge in [-0.25, -0.2) is 4.79 Å². The molecule has 0 aromatic rings. The van der Waals surface area contributed by atoms with Gasteiger partial charge in [0.1, 0.15) is 6.61 Å². The zero-order chi connectivity index (χ0) is 12.2. The first-order valence-electron chi connectivity index (χ1n) is 6.17. The third-order valence-electron chi connectivity index (χ3n) is 2.46. The van der Waals surface area contributed by atoms with Crippen molar-refractivity contribution in [1.82, 2.24) is 0 Å². The molecule has 0 spiro atoms. The molecule has 0 atom stereocenters. The normalized spacial score (nSPS) is 12.1. The van der Waals surface area contributed by atoms with Crippen molar-refractivity contribution in [3.05, 3.63) is 23.8 Å². The van der Waals surface area contributed by atoms with Gasteiger partial charge in [-0.3, -0.25) is 0 Å². The molecular formula is C14H24O2. The smallest absolute Gasteiger partial charge is 0.333 e. The lowest BCUT2D eigenvalue weighted by atomic mass is 10.1. The van der Waals surface area contributed by atoms with E-state index in [2.05, 4.69) is 13.0 Å². The van der Waals surface area contributed by atoms with Gasteiger partial charge in [0, 0.05) is 5.57 Å². The molecule has 0 heterocycles. The Kier molecular flexibility index (Phi) is 9.78. The van der Waals surface area contributed by atoms with Crippen LogP contribution in [0.2, 0.25) is 0 Å². The molecule has 0 aliphatic heterocycles. The highest BCUT2D eigenvalue weighted by Gasteiger charge is 2.01. The van der Waals surface area contributed by atoms with Gasteiger partial charge < -0.3 is 4.74 Å². The van der Waals surface area contributed by atoms with E-state index >= 15 is 0 Å². The summed E-state index contributed by atoms with van der Waals surface area (Å²) >= 11 is 0. The van der Waals surface area contributed by atoms with Crippen molar-refractivity contribution in [3.8, 4) is 0 Å². The molecule has 0 unspecified atom stereocenters. The van der Waals surface area contributed by atoms with Crippen LogP contribution in [0.25, 0.3) is 0 Å². The molecule has 2 nitrogen and oxygen atoms in total. The molecule has 0 saturated carbocycles. The minimum Gasteiger partial charge on any atom is -0.458 e. The van der Waals surface area contributed by atoms with Crippen LogP contribution in [0.4, 0.5) is 0 Å². The maximum absolute atomic E-state index is 11.2. The van der Waals surface area contributed by atoms with Crippen LogP contribution < -0.4 is 0 Å². The Balaban J connectivity index is 3.44. The number of allylic oxidation sites excluding steroid dienone is 2. The fraction of sp³-hybridized carbons (Fsp3) is 0.643. The summed E-state index contributed by atoms with van der Waals surface area (Å²) in [5.74, 6) is -0.224. The minimum atomic E-state index is -0.224. The molecule has 0 N–H and O–H groups in total. The Morgan fingerprint density at radius 1 is 1.19 bits per heavy atom. The van der Waals surface area contributed by atoms with Gasteiger partial charge in [0.15, 0.2) is 0 Å². The van der Waals surface area contributed by atoms with Crippen LogP contribution in [0.15, 0.2) is 23.8 Å². The van der Waals surface area contributed by atoms with Gasteiger partial charge in [-0.15, -0.1) is 0 Å². The molecule has 92 valence electrons. The molecule has 0 radical (unpaired) electrons. The number of carbonyl (C=O) groups is 1. The monoisotopic (exact) mass is 224 g/mol. The predicted molar refractivity (Wildman–Crippen MR) is 68.3 cm³/mol. The summed E-state index contributed by atoms with van der Waals surface area (Å²) in [6, 6.07) is 0. The van der Waals surface area contributed by atoms with Crippen molar-refractivity contribution >= 4 is 5.97 Å². The van der Waals surface area contributed by atoms with E-state index in [0.717, 1.165) is 6.42 Å². The molecule has 0 amide bonds. The standard InChI is InChI=1S/C14H24O2/c1-4-6-7-8-9-10-11-12-16-14(15)13(3)5-2/h5,10-11H,4,6-9,12H2,1-3H3/b11-10+,13-5+. The maximum Gasteiger partial charge on any atom is 0.333 e. The van der Waals surface area contributed by atoms with E-state index in [4.69, 9.17) is 4.74 Å². The van der Waals surface area contributed by atoms with Crippen LogP contribution in [0.3, 0.4) is 0 Å². The predicted octanol–water partition coefficient (Wildman–Crippen LogP) is 4.02. The van der Waals surface area contributed by atoms with Crippen molar-refractivity contribution < 1.29 is 9.53 Å². The third kappa shape index (κ3) is 8.27. The second-order valence-corrected chi connectivity index (χ2v) is 3.89. The number of carbonyl (C=O) groups excluding carboxylic acids is 1. The lowest BCUT2D eigenvalue weighted by Crippen LogP contribution is -2.05. The molecule has 0 bridgehead atoms. The van der Waals surface area contributed by atoms with Crippen molar-refractivity contribution in [2.75, 3.05) is 6.61 Å². The largest absolute Gasteiger partial charge is 0.458 e. The molecule has 0 rings (SSSR count). The van der Waals surface area contributed by atoms with Crippen LogP contribution in [0.5, 0.6) is 0 Å². The Labute approximate surface area is 99.4 Å². The molecule has 0 aromatic carbocycles. The lowest BCUT2D eigenvalue weighted by Gasteiger charge is -2.00. The molecule has 0 fully saturated rings. The third-order valence-corrected chi connectivity index (χ3v) is 2.46. The van der Waals surface area contributed by atoms with E-state index in [1.165, 1.54) is 25.7 Å². The second kappa shape index (κ2) is 10.5. The average molecular weight is 224 g/mol. The summed E-state index contributed by atoms with van der Waals surface area (Å²) in [5.41, 5.74) is 0.663. The maximum atomic E-state index is 11.2. The SMILES string of the molecule is C/C=C(\C)C(=O)OC/C=C/CCCCCC. The summed E-state index contributed by atoms with van der Waals surface area (Å²) in [6.45, 7) is 6.19. The first-order valence-corrected chi connectivity index (χ1v) is 6.17. The number of unbranched alkanes of at least 4 members (excludes halogenated alkanes) is 4. The summed E-state index contributed by atoms with van der Waals surface area (Å²) in [6.07, 6.45) is 12.0. The highest BCUT2D eigenvalue weighted by atomic mass is 16.5. The molecule has 0 aliphatic rings. The number of hydrogen-bond donors (Lipinski definition) is 0. The highest BCUT2D eigenvalue weighted by molar-refractivity contribution is 5.87. The Hall–Kier alpha value is -1.05. The number of rotatable bonds is 8. The first kappa shape index (κ1) is 14.9. The molecule has 0 aromatic heterocycles. The number of hydrogen-bond acceptors (Lipinski definition) is 2. The topological polar surface area (TPSA) is 26.3 Å². The zero-order valence-corrected chi connectivity index (χ0v) is 10.8. The second-order valence-electron chi connectivity index (χ2n) is 3.89. The van der Waals surface area contributed by atoms with Crippen LogP contribution in [0, 0.1) is 0 Å². The number of esters is 1. The van der Waals surface area contributed by atoms with Crippen LogP contribution in [-0.2, 0) is 9.53 Å². The molecule has 16 heavy (non-hydrogen) atoms. The quantitative estimate of drug-likeness (QED) is 0.269. The van der Waals surface area contributed by atoms with Gasteiger partial charge in [0.05, 0.1) is 0 Å². The van der Waals surface area contributed by atoms with Crippen molar-refractivity contribution in [1.29, 1.82) is 0 Å². The molecular weight excluding hydrogens is 200 g/mol. The van der Waals surface area contributed by atoms with Gasteiger partial charge in [-0.05, 0) is 26.7 Å². The van der Waals surface area contributed by atoms with E-state index in [-0.39, 0.29) is 5.97 Å². The van der Waals surface area contributed by atoms with Gasteiger partial charge in [0.2, 0.25) is 0 Å². The summed E-state index contributed by atoms with van der Waals surface area (Å²) in [4.78, 5) is 11.2. The van der Waals surface area contributed by atoms with Crippen molar-refractivity contribution in [3.63, 3.8) is 0 Å². The Morgan fingerprint density at radius 3 is 2.56 bits per heavy atom. The van der Waals surface area contributed by atoms with Crippen molar-refractivity contribution in [2.24, 2.45) is 0 Å². The van der Waals surface area contributed by atoms with Crippen LogP contribution in [-0.4, -0.2) is 12.6 Å². The van der Waals surface area contributed by atoms with Gasteiger partial charge in [-0.1, -0.05) is 44.4 Å². The first-order chi connectivity index (χ1) is 7.72. The van der Waals surface area contributed by atoms with Crippen molar-refractivity contribution in [2.45, 2.75) is 52.9 Å². The molecule has 0 saturated heterocycles. The Morgan fingerprint density at radius 2 is 1.94 bits per heavy atom. The molecule has 2 heteroatoms. The fourth-order valence-electron chi connectivity index (χ4n) is 1.23. The fourth-order valence-corrected chi connectivity index (χ4v) is 1.23. The molecule has 0 aliphatic carbocycles. The summed E-state index contributed by atoms with van der Waals surface area (Å²) in [7, 11) is 0. The van der Waals surface area contributed by atoms with E-state index in [1.54, 1.807) is 13.0 Å². The Bertz CT molecular complexity index is 239. The zero-order valence-electron chi connectivity index (χ0n) is 10.8. The number of ether oxygens (including phenoxy) is 1. The average Bonchev–Trinajstić information content (AvgIpc) is 2.31. The highest BCUT2D eigenvalue weighted by Crippen LogP contribution is 2.03. The lowest BCUT2D eigenvalue weighted by molar-refractivity contribution is -0.137. The van der Waals surface area contributed by atoms with Crippen LogP contribution >= 0.6 is 0 Å².